The van der Waals surface area contributed by atoms with Crippen molar-refractivity contribution in [3.63, 3.8) is 0 Å². The Hall–Kier alpha value is -3.13. The van der Waals surface area contributed by atoms with E-state index < -0.39 is 11.9 Å². The van der Waals surface area contributed by atoms with Crippen molar-refractivity contribution in [2.24, 2.45) is 23.7 Å². The largest absolute Gasteiger partial charge is 0.497 e. The van der Waals surface area contributed by atoms with E-state index in [0.717, 1.165) is 87.3 Å². The maximum Gasteiger partial charge on any atom is 0.306 e. The highest BCUT2D eigenvalue weighted by Gasteiger charge is 2.39. The van der Waals surface area contributed by atoms with Crippen molar-refractivity contribution in [1.29, 1.82) is 0 Å². The van der Waals surface area contributed by atoms with E-state index in [1.165, 1.54) is 0 Å². The molecule has 3 aliphatic rings. The third-order valence-electron chi connectivity index (χ3n) is 9.65. The average molecular weight is 578 g/mol. The highest BCUT2D eigenvalue weighted by molar-refractivity contribution is 6.03. The van der Waals surface area contributed by atoms with Crippen molar-refractivity contribution >= 4 is 17.4 Å². The van der Waals surface area contributed by atoms with Crippen molar-refractivity contribution in [1.82, 2.24) is 9.88 Å². The number of carboxylic acid groups (broad SMARTS) is 1. The second-order valence-corrected chi connectivity index (χ2v) is 12.8. The molecule has 3 heterocycles. The van der Waals surface area contributed by atoms with Crippen molar-refractivity contribution in [3.05, 3.63) is 47.7 Å². The summed E-state index contributed by atoms with van der Waals surface area (Å²) in [5.41, 5.74) is 2.80. The number of hydrogen-bond acceptors (Lipinski definition) is 7. The van der Waals surface area contributed by atoms with E-state index in [1.807, 2.05) is 30.3 Å². The standard InChI is InChI=1S/C34H47N3O5/c1-22(2)37-15-5-6-27(20-37)33(38)29-10-9-28(41-4)19-30(29)36-16-12-24(13-17-36)21-42-31-18-26(11-14-35-31)32(25-7-8-25)23(3)34(39)40/h9-11,14,18-19,22-25,27,32H,5-8,12-13,15-17,20-21H2,1-4H3,(H,39,40)/t23-,27-,32-/m0/s1. The van der Waals surface area contributed by atoms with E-state index in [9.17, 15) is 14.7 Å². The zero-order valence-electron chi connectivity index (χ0n) is 25.6. The number of piperidine rings is 2. The predicted molar refractivity (Wildman–Crippen MR) is 164 cm³/mol. The summed E-state index contributed by atoms with van der Waals surface area (Å²) in [6, 6.07) is 10.2. The number of methoxy groups -OCH3 is 1. The minimum atomic E-state index is -0.755. The highest BCUT2D eigenvalue weighted by atomic mass is 16.5. The molecule has 1 saturated carbocycles. The van der Waals surface area contributed by atoms with E-state index in [-0.39, 0.29) is 17.6 Å². The molecule has 8 nitrogen and oxygen atoms in total. The van der Waals surface area contributed by atoms with E-state index in [4.69, 9.17) is 9.47 Å². The van der Waals surface area contributed by atoms with E-state index in [0.29, 0.717) is 30.4 Å². The van der Waals surface area contributed by atoms with Gasteiger partial charge in [0.2, 0.25) is 5.88 Å². The molecule has 0 radical (unpaired) electrons. The lowest BCUT2D eigenvalue weighted by atomic mass is 9.84. The van der Waals surface area contributed by atoms with Crippen LogP contribution < -0.4 is 14.4 Å². The number of likely N-dealkylation sites (tertiary alicyclic amines) is 1. The van der Waals surface area contributed by atoms with Gasteiger partial charge in [-0.05, 0) is 100 Å². The molecular formula is C34H47N3O5. The zero-order valence-corrected chi connectivity index (χ0v) is 25.6. The minimum absolute atomic E-state index is 0.00193. The van der Waals surface area contributed by atoms with Gasteiger partial charge in [-0.25, -0.2) is 4.98 Å². The van der Waals surface area contributed by atoms with Crippen LogP contribution in [-0.4, -0.2) is 72.7 Å². The number of Topliss-reactive ketones (excluding diaryl/α,β-unsaturated/α-hetero) is 1. The van der Waals surface area contributed by atoms with Gasteiger partial charge < -0.3 is 24.4 Å². The summed E-state index contributed by atoms with van der Waals surface area (Å²) in [6.07, 6.45) is 7.81. The molecule has 0 amide bonds. The number of rotatable bonds is 12. The number of ether oxygens (including phenoxy) is 2. The van der Waals surface area contributed by atoms with E-state index >= 15 is 0 Å². The maximum absolute atomic E-state index is 13.8. The lowest BCUT2D eigenvalue weighted by molar-refractivity contribution is -0.142. The number of aliphatic carboxylic acids is 1. The number of carbonyl (C=O) groups excluding carboxylic acids is 1. The van der Waals surface area contributed by atoms with Gasteiger partial charge in [0.15, 0.2) is 5.78 Å². The number of hydrogen-bond donors (Lipinski definition) is 1. The van der Waals surface area contributed by atoms with E-state index in [2.05, 4.69) is 28.6 Å². The highest BCUT2D eigenvalue weighted by Crippen LogP contribution is 2.47. The van der Waals surface area contributed by atoms with Crippen LogP contribution in [0, 0.1) is 23.7 Å². The van der Waals surface area contributed by atoms with Gasteiger partial charge in [-0.1, -0.05) is 6.92 Å². The Morgan fingerprint density at radius 3 is 2.45 bits per heavy atom. The minimum Gasteiger partial charge on any atom is -0.497 e. The topological polar surface area (TPSA) is 92.2 Å². The Kier molecular flexibility index (Phi) is 9.71. The second kappa shape index (κ2) is 13.4. The smallest absolute Gasteiger partial charge is 0.306 e. The number of ketones is 1. The normalized spacial score (nSPS) is 21.6. The summed E-state index contributed by atoms with van der Waals surface area (Å²) in [4.78, 5) is 34.7. The Bertz CT molecular complexity index is 1240. The first-order chi connectivity index (χ1) is 20.2. The van der Waals surface area contributed by atoms with Crippen LogP contribution in [0.5, 0.6) is 11.6 Å². The fourth-order valence-electron chi connectivity index (χ4n) is 6.85. The van der Waals surface area contributed by atoms with Crippen LogP contribution in [0.15, 0.2) is 36.5 Å². The van der Waals surface area contributed by atoms with Crippen molar-refractivity contribution in [3.8, 4) is 11.6 Å². The molecule has 0 spiro atoms. The van der Waals surface area contributed by atoms with Crippen LogP contribution in [0.1, 0.15) is 81.1 Å². The molecule has 0 bridgehead atoms. The number of carboxylic acids is 1. The quantitative estimate of drug-likeness (QED) is 0.312. The molecule has 2 aliphatic heterocycles. The monoisotopic (exact) mass is 577 g/mol. The Balaban J connectivity index is 1.21. The molecule has 42 heavy (non-hydrogen) atoms. The SMILES string of the molecule is COc1ccc(C(=O)[C@H]2CCCN(C(C)C)C2)c(N2CCC(COc3cc([C@H](C4CC4)[C@H](C)C(=O)O)ccn3)CC2)c1. The van der Waals surface area contributed by atoms with Gasteiger partial charge >= 0.3 is 5.97 Å². The summed E-state index contributed by atoms with van der Waals surface area (Å²) in [7, 11) is 1.67. The van der Waals surface area contributed by atoms with Gasteiger partial charge in [0.1, 0.15) is 5.75 Å². The average Bonchev–Trinajstić information content (AvgIpc) is 3.85. The summed E-state index contributed by atoms with van der Waals surface area (Å²) in [5.74, 6) is 1.24. The fraction of sp³-hybridized carbons (Fsp3) is 0.618. The Morgan fingerprint density at radius 1 is 1.02 bits per heavy atom. The molecule has 1 aliphatic carbocycles. The zero-order chi connectivity index (χ0) is 29.8. The molecule has 8 heteroatoms. The summed E-state index contributed by atoms with van der Waals surface area (Å²) < 4.78 is 11.7. The summed E-state index contributed by atoms with van der Waals surface area (Å²) >= 11 is 0. The van der Waals surface area contributed by atoms with Gasteiger partial charge in [-0.3, -0.25) is 9.59 Å². The van der Waals surface area contributed by atoms with E-state index in [1.54, 1.807) is 20.2 Å². The molecule has 3 atom stereocenters. The molecule has 228 valence electrons. The second-order valence-electron chi connectivity index (χ2n) is 12.8. The molecule has 1 aromatic carbocycles. The summed E-state index contributed by atoms with van der Waals surface area (Å²) in [6.45, 7) is 10.4. The Labute approximate surface area is 250 Å². The van der Waals surface area contributed by atoms with Crippen LogP contribution in [0.3, 0.4) is 0 Å². The third kappa shape index (κ3) is 7.08. The molecule has 2 saturated heterocycles. The van der Waals surface area contributed by atoms with Gasteiger partial charge in [0.25, 0.3) is 0 Å². The van der Waals surface area contributed by atoms with Gasteiger partial charge in [-0.15, -0.1) is 0 Å². The fourth-order valence-corrected chi connectivity index (χ4v) is 6.85. The molecule has 0 unspecified atom stereocenters. The van der Waals surface area contributed by atoms with Crippen LogP contribution in [0.2, 0.25) is 0 Å². The molecular weight excluding hydrogens is 530 g/mol. The Morgan fingerprint density at radius 2 is 1.79 bits per heavy atom. The molecule has 2 aromatic rings. The number of anilines is 1. The van der Waals surface area contributed by atoms with Gasteiger partial charge in [-0.2, -0.15) is 0 Å². The lowest BCUT2D eigenvalue weighted by Crippen LogP contribution is -2.43. The maximum atomic E-state index is 13.8. The number of benzene rings is 1. The lowest BCUT2D eigenvalue weighted by Gasteiger charge is -2.37. The van der Waals surface area contributed by atoms with Crippen LogP contribution in [-0.2, 0) is 4.79 Å². The molecule has 5 rings (SSSR count). The van der Waals surface area contributed by atoms with Crippen LogP contribution in [0.4, 0.5) is 5.69 Å². The van der Waals surface area contributed by atoms with Crippen molar-refractivity contribution in [2.45, 2.75) is 71.3 Å². The molecule has 1 N–H and O–H groups in total. The first-order valence-electron chi connectivity index (χ1n) is 15.8. The first-order valence-corrected chi connectivity index (χ1v) is 15.8. The van der Waals surface area contributed by atoms with Gasteiger partial charge in [0, 0.05) is 55.5 Å². The first kappa shape index (κ1) is 30.3. The third-order valence-corrected chi connectivity index (χ3v) is 9.65. The predicted octanol–water partition coefficient (Wildman–Crippen LogP) is 5.90. The number of carbonyl (C=O) groups is 2. The van der Waals surface area contributed by atoms with Crippen LogP contribution in [0.25, 0.3) is 0 Å². The van der Waals surface area contributed by atoms with Crippen molar-refractivity contribution < 1.29 is 24.2 Å². The number of pyridine rings is 1. The molecule has 1 aromatic heterocycles. The summed E-state index contributed by atoms with van der Waals surface area (Å²) in [5, 5.41) is 9.63. The van der Waals surface area contributed by atoms with Crippen molar-refractivity contribution in [2.75, 3.05) is 44.8 Å². The number of aromatic nitrogens is 1. The molecule has 3 fully saturated rings. The number of nitrogens with zero attached hydrogens (tertiary/aromatic N) is 3. The van der Waals surface area contributed by atoms with Crippen LogP contribution >= 0.6 is 0 Å². The van der Waals surface area contributed by atoms with Gasteiger partial charge in [0.05, 0.1) is 25.3 Å².